The minimum Gasteiger partial charge on any atom is -0.497 e. The largest absolute Gasteiger partial charge is 0.497 e. The van der Waals surface area contributed by atoms with Crippen molar-refractivity contribution in [3.63, 3.8) is 0 Å². The second kappa shape index (κ2) is 32.8. The van der Waals surface area contributed by atoms with E-state index in [9.17, 15) is 42.1 Å². The molecule has 4 aromatic rings. The Labute approximate surface area is 400 Å². The van der Waals surface area contributed by atoms with E-state index in [0.29, 0.717) is 37.2 Å². The molecule has 380 valence electrons. The Bertz CT molecular complexity index is 2360. The van der Waals surface area contributed by atoms with Gasteiger partial charge in [0, 0.05) is 0 Å². The maximum Gasteiger partial charge on any atom is 0.264 e. The van der Waals surface area contributed by atoms with Gasteiger partial charge in [-0.05, 0) is 104 Å². The molecule has 0 aliphatic heterocycles. The first-order valence-corrected chi connectivity index (χ1v) is 29.8. The highest BCUT2D eigenvalue weighted by Crippen LogP contribution is 2.29. The minimum atomic E-state index is -3.70. The van der Waals surface area contributed by atoms with Gasteiger partial charge in [0.1, 0.15) is 17.2 Å². The van der Waals surface area contributed by atoms with Crippen molar-refractivity contribution in [2.75, 3.05) is 30.1 Å². The molecule has 0 aromatic heterocycles. The average Bonchev–Trinajstić information content (AvgIpc) is 3.24. The molecule has 4 rings (SSSR count). The van der Waals surface area contributed by atoms with Crippen LogP contribution in [-0.2, 0) is 50.3 Å². The lowest BCUT2D eigenvalue weighted by atomic mass is 10.1. The van der Waals surface area contributed by atoms with E-state index >= 15 is 0 Å². The van der Waals surface area contributed by atoms with Gasteiger partial charge in [-0.1, -0.05) is 121 Å². The van der Waals surface area contributed by atoms with Gasteiger partial charge in [0.25, 0.3) is 40.5 Å². The van der Waals surface area contributed by atoms with Crippen molar-refractivity contribution >= 4 is 50.3 Å². The lowest BCUT2D eigenvalue weighted by Crippen LogP contribution is -2.02. The van der Waals surface area contributed by atoms with Crippen LogP contribution >= 0.6 is 0 Å². The predicted octanol–water partition coefficient (Wildman–Crippen LogP) is 10.6. The third kappa shape index (κ3) is 33.3. The second-order valence-electron chi connectivity index (χ2n) is 15.1. The number of hydrogen-bond acceptors (Lipinski definition) is 12. The number of unbranched alkanes of at least 4 members (excludes halogenated alkanes) is 8. The Balaban J connectivity index is 0.000000987. The van der Waals surface area contributed by atoms with Gasteiger partial charge in [0.05, 0.1) is 39.9 Å². The zero-order valence-electron chi connectivity index (χ0n) is 39.3. The Morgan fingerprint density at radius 3 is 0.881 bits per heavy atom. The van der Waals surface area contributed by atoms with Gasteiger partial charge in [0.2, 0.25) is 9.84 Å². The van der Waals surface area contributed by atoms with Crippen LogP contribution in [0.2, 0.25) is 0 Å². The van der Waals surface area contributed by atoms with E-state index in [-0.39, 0.29) is 32.8 Å². The van der Waals surface area contributed by atoms with Gasteiger partial charge in [-0.2, -0.15) is 33.7 Å². The zero-order valence-corrected chi connectivity index (χ0v) is 43.4. The number of rotatable bonds is 22. The van der Waals surface area contributed by atoms with Crippen molar-refractivity contribution in [1.82, 2.24) is 0 Å². The highest BCUT2D eigenvalue weighted by atomic mass is 32.2. The first kappa shape index (κ1) is 63.1. The molecular formula is C46H70O16S5. The second-order valence-corrected chi connectivity index (χ2v) is 23.4. The van der Waals surface area contributed by atoms with E-state index in [1.165, 1.54) is 0 Å². The molecule has 0 unspecified atom stereocenters. The number of methoxy groups -OCH3 is 1. The topological polar surface area (TPSA) is 270 Å². The maximum absolute atomic E-state index is 12.8. The highest BCUT2D eigenvalue weighted by Gasteiger charge is 2.17. The van der Waals surface area contributed by atoms with E-state index in [1.807, 2.05) is 83.1 Å². The van der Waals surface area contributed by atoms with Crippen LogP contribution in [0.4, 0.5) is 0 Å². The third-order valence-corrected chi connectivity index (χ3v) is 14.0. The van der Waals surface area contributed by atoms with E-state index in [4.69, 9.17) is 27.7 Å². The van der Waals surface area contributed by atoms with Gasteiger partial charge in [-0.3, -0.25) is 18.2 Å². The van der Waals surface area contributed by atoms with Gasteiger partial charge in [-0.15, -0.1) is 0 Å². The van der Waals surface area contributed by atoms with Crippen molar-refractivity contribution in [1.29, 1.82) is 0 Å². The minimum absolute atomic E-state index is 0.0964. The lowest BCUT2D eigenvalue weighted by molar-refractivity contribution is 0.415. The van der Waals surface area contributed by atoms with Crippen molar-refractivity contribution in [3.8, 4) is 28.4 Å². The van der Waals surface area contributed by atoms with Gasteiger partial charge >= 0.3 is 0 Å². The summed E-state index contributed by atoms with van der Waals surface area (Å²) in [5.41, 5.74) is 3.16. The third-order valence-electron chi connectivity index (χ3n) is 9.00. The average molecular weight is 1040 g/mol. The fraction of sp³-hybridized carbons (Fsp3) is 0.478. The molecule has 0 radical (unpaired) electrons. The summed E-state index contributed by atoms with van der Waals surface area (Å²) >= 11 is 0. The molecule has 67 heavy (non-hydrogen) atoms. The zero-order chi connectivity index (χ0) is 51.2. The van der Waals surface area contributed by atoms with Crippen LogP contribution < -0.4 is 9.47 Å². The smallest absolute Gasteiger partial charge is 0.264 e. The van der Waals surface area contributed by atoms with Crippen LogP contribution in [0.15, 0.2) is 107 Å². The molecule has 4 N–H and O–H groups in total. The van der Waals surface area contributed by atoms with Crippen molar-refractivity contribution in [3.05, 3.63) is 103 Å². The van der Waals surface area contributed by atoms with Gasteiger partial charge in [-0.25, -0.2) is 8.42 Å². The number of sulfone groups is 1. The molecule has 0 saturated heterocycles. The predicted molar refractivity (Wildman–Crippen MR) is 265 cm³/mol. The van der Waals surface area contributed by atoms with Crippen molar-refractivity contribution in [2.45, 2.75) is 121 Å². The molecule has 0 aliphatic carbocycles. The molecule has 21 heteroatoms. The Morgan fingerprint density at radius 2 is 0.627 bits per heavy atom. The quantitative estimate of drug-likeness (QED) is 0.0421. The van der Waals surface area contributed by atoms with Crippen LogP contribution in [0.5, 0.6) is 17.2 Å². The highest BCUT2D eigenvalue weighted by molar-refractivity contribution is 7.91. The molecule has 16 nitrogen and oxygen atoms in total. The van der Waals surface area contributed by atoms with E-state index in [1.54, 1.807) is 55.6 Å². The summed E-state index contributed by atoms with van der Waals surface area (Å²) < 4.78 is 150. The van der Waals surface area contributed by atoms with Crippen molar-refractivity contribution in [2.24, 2.45) is 0 Å². The standard InChI is InChI=1S/C26H22O4S.4C5H12O3S/c1-19-3-15-25(16-4-19)31(27,28)26-17-13-24(14-18-26)30-23-11-7-21(8-12-23)20-5-9-22(29-2)10-6-20;4*1-2-3-4-5-9(6,7)8/h3-18H,1-2H3;4*2-5H2,1H3,(H,6,7,8). The molecular weight excluding hydrogens is 969 g/mol. The summed E-state index contributed by atoms with van der Waals surface area (Å²) in [7, 11) is -16.7. The summed E-state index contributed by atoms with van der Waals surface area (Å²) in [5.74, 6) is 1.67. The van der Waals surface area contributed by atoms with Gasteiger partial charge in [0.15, 0.2) is 0 Å². The van der Waals surface area contributed by atoms with Crippen LogP contribution in [0.1, 0.15) is 110 Å². The van der Waals surface area contributed by atoms with Gasteiger partial charge < -0.3 is 9.47 Å². The summed E-state index contributed by atoms with van der Waals surface area (Å²) in [6.07, 6.45) is 9.57. The normalized spacial score (nSPS) is 11.5. The fourth-order valence-corrected chi connectivity index (χ4v) is 8.85. The molecule has 0 amide bonds. The number of aryl methyl sites for hydroxylation is 1. The molecule has 0 bridgehead atoms. The lowest BCUT2D eigenvalue weighted by Gasteiger charge is -2.09. The number of benzene rings is 4. The molecule has 0 spiro atoms. The van der Waals surface area contributed by atoms with Crippen LogP contribution in [0, 0.1) is 6.92 Å². The van der Waals surface area contributed by atoms with Crippen LogP contribution in [-0.4, -0.2) is 90.4 Å². The van der Waals surface area contributed by atoms with E-state index < -0.39 is 50.3 Å². The van der Waals surface area contributed by atoms with Crippen LogP contribution in [0.3, 0.4) is 0 Å². The van der Waals surface area contributed by atoms with E-state index in [2.05, 4.69) is 0 Å². The molecule has 0 atom stereocenters. The Hall–Kier alpha value is -3.93. The first-order chi connectivity index (χ1) is 31.2. The summed E-state index contributed by atoms with van der Waals surface area (Å²) in [5, 5.41) is 0. The Morgan fingerprint density at radius 1 is 0.373 bits per heavy atom. The molecule has 4 aromatic carbocycles. The fourth-order valence-electron chi connectivity index (χ4n) is 5.31. The molecule has 0 fully saturated rings. The molecule has 0 saturated carbocycles. The molecule has 0 aliphatic rings. The Kier molecular flexibility index (Phi) is 30.8. The monoisotopic (exact) mass is 1040 g/mol. The first-order valence-electron chi connectivity index (χ1n) is 21.8. The summed E-state index contributed by atoms with van der Waals surface area (Å²) in [6, 6.07) is 28.9. The number of hydrogen-bond donors (Lipinski definition) is 4. The van der Waals surface area contributed by atoms with E-state index in [0.717, 1.165) is 73.8 Å². The van der Waals surface area contributed by atoms with Crippen LogP contribution in [0.25, 0.3) is 11.1 Å². The maximum atomic E-state index is 12.8. The summed E-state index contributed by atoms with van der Waals surface area (Å²) in [6.45, 7) is 9.83. The SMILES string of the molecule is CCCCCS(=O)(=O)O.CCCCCS(=O)(=O)O.CCCCCS(=O)(=O)O.CCCCCS(=O)(=O)O.COc1ccc(-c2ccc(Oc3ccc(S(=O)(=O)c4ccc(C)cc4)cc3)cc2)cc1. The molecule has 0 heterocycles. The summed E-state index contributed by atoms with van der Waals surface area (Å²) in [4.78, 5) is 0.513. The number of ether oxygens (including phenoxy) is 2. The van der Waals surface area contributed by atoms with Crippen molar-refractivity contribution < 1.29 is 69.8 Å².